The second-order valence-electron chi connectivity index (χ2n) is 4.29. The molecule has 92 valence electrons. The number of rotatable bonds is 2. The quantitative estimate of drug-likeness (QED) is 0.625. The first-order valence-corrected chi connectivity index (χ1v) is 7.26. The molecule has 6 heteroatoms. The molecule has 0 spiro atoms. The van der Waals surface area contributed by atoms with E-state index in [9.17, 15) is 4.57 Å². The van der Waals surface area contributed by atoms with Crippen molar-refractivity contribution in [3.63, 3.8) is 0 Å². The Morgan fingerprint density at radius 3 is 2.82 bits per heavy atom. The highest BCUT2D eigenvalue weighted by Crippen LogP contribution is 2.33. The van der Waals surface area contributed by atoms with Gasteiger partial charge in [-0.05, 0) is 24.3 Å². The molecule has 0 amide bonds. The van der Waals surface area contributed by atoms with Crippen LogP contribution in [0, 0.1) is 0 Å². The van der Waals surface area contributed by atoms with Crippen LogP contribution in [0.15, 0.2) is 29.4 Å². The van der Waals surface area contributed by atoms with Crippen molar-refractivity contribution in [3.8, 4) is 0 Å². The molecule has 2 rings (SSSR count). The van der Waals surface area contributed by atoms with Crippen molar-refractivity contribution in [1.29, 1.82) is 0 Å². The number of fused-ring (bicyclic) bond motifs is 1. The summed E-state index contributed by atoms with van der Waals surface area (Å²) >= 11 is 0. The molecule has 0 aliphatic heterocycles. The van der Waals surface area contributed by atoms with Crippen molar-refractivity contribution in [1.82, 2.24) is 0 Å². The van der Waals surface area contributed by atoms with Crippen LogP contribution in [0.5, 0.6) is 0 Å². The van der Waals surface area contributed by atoms with Gasteiger partial charge < -0.3 is 4.62 Å². The maximum Gasteiger partial charge on any atom is 0.405 e. The van der Waals surface area contributed by atoms with Gasteiger partial charge >= 0.3 is 7.67 Å². The molecule has 17 heavy (non-hydrogen) atoms. The van der Waals surface area contributed by atoms with Gasteiger partial charge in [0.1, 0.15) is 0 Å². The normalized spacial score (nSPS) is 22.3. The SMILES string of the molecule is CC1CC/C(=N\OP(N)(N)=O)c2ccccc21. The Bertz CT molecular complexity index is 495. The summed E-state index contributed by atoms with van der Waals surface area (Å²) in [5.74, 6) is 0.493. The van der Waals surface area contributed by atoms with Crippen molar-refractivity contribution >= 4 is 13.4 Å². The molecule has 1 aliphatic rings. The molecule has 0 fully saturated rings. The lowest BCUT2D eigenvalue weighted by atomic mass is 9.83. The zero-order valence-electron chi connectivity index (χ0n) is 9.67. The third kappa shape index (κ3) is 2.94. The fourth-order valence-corrected chi connectivity index (χ4v) is 2.27. The fraction of sp³-hybridized carbons (Fsp3) is 0.364. The van der Waals surface area contributed by atoms with E-state index in [2.05, 4.69) is 22.8 Å². The van der Waals surface area contributed by atoms with Gasteiger partial charge in [-0.3, -0.25) is 0 Å². The van der Waals surface area contributed by atoms with Crippen LogP contribution < -0.4 is 11.0 Å². The molecule has 1 aromatic carbocycles. The van der Waals surface area contributed by atoms with Gasteiger partial charge in [-0.15, -0.1) is 0 Å². The molecule has 0 saturated carbocycles. The smallest absolute Gasteiger partial charge is 0.312 e. The van der Waals surface area contributed by atoms with Crippen LogP contribution in [0.2, 0.25) is 0 Å². The van der Waals surface area contributed by atoms with E-state index in [0.717, 1.165) is 24.1 Å². The molecular weight excluding hydrogens is 237 g/mol. The molecule has 0 saturated heterocycles. The minimum absolute atomic E-state index is 0.493. The van der Waals surface area contributed by atoms with Crippen molar-refractivity contribution < 1.29 is 9.19 Å². The minimum atomic E-state index is -3.55. The standard InChI is InChI=1S/C11H16N3O2P/c1-8-6-7-11(14-16-17(12,13)15)10-5-3-2-4-9(8)10/h2-5,8H,6-7H2,1H3,(H4,12,13,15)/b14-11+. The second-order valence-corrected chi connectivity index (χ2v) is 5.75. The highest BCUT2D eigenvalue weighted by Gasteiger charge is 2.22. The number of nitrogens with two attached hydrogens (primary N) is 2. The lowest BCUT2D eigenvalue weighted by Crippen LogP contribution is -2.16. The van der Waals surface area contributed by atoms with Crippen LogP contribution in [-0.4, -0.2) is 5.71 Å². The van der Waals surface area contributed by atoms with Gasteiger partial charge in [-0.1, -0.05) is 36.3 Å². The molecule has 1 aliphatic carbocycles. The number of hydrogen-bond acceptors (Lipinski definition) is 3. The first kappa shape index (κ1) is 12.3. The summed E-state index contributed by atoms with van der Waals surface area (Å²) in [5.41, 5.74) is 13.2. The summed E-state index contributed by atoms with van der Waals surface area (Å²) in [5, 5.41) is 3.83. The van der Waals surface area contributed by atoms with E-state index in [1.165, 1.54) is 5.56 Å². The third-order valence-corrected chi connectivity index (χ3v) is 3.23. The highest BCUT2D eigenvalue weighted by molar-refractivity contribution is 7.53. The first-order valence-electron chi connectivity index (χ1n) is 5.49. The Labute approximate surface area is 100 Å². The topological polar surface area (TPSA) is 90.7 Å². The molecule has 4 N–H and O–H groups in total. The van der Waals surface area contributed by atoms with E-state index in [4.69, 9.17) is 11.0 Å². The van der Waals surface area contributed by atoms with Crippen molar-refractivity contribution in [2.45, 2.75) is 25.7 Å². The second kappa shape index (κ2) is 4.61. The number of nitrogens with zero attached hydrogens (tertiary/aromatic N) is 1. The average molecular weight is 253 g/mol. The van der Waals surface area contributed by atoms with Crippen LogP contribution in [0.25, 0.3) is 0 Å². The molecular formula is C11H16N3O2P. The van der Waals surface area contributed by atoms with E-state index in [0.29, 0.717) is 5.92 Å². The third-order valence-electron chi connectivity index (χ3n) is 2.90. The monoisotopic (exact) mass is 253 g/mol. The lowest BCUT2D eigenvalue weighted by Gasteiger charge is -2.23. The van der Waals surface area contributed by atoms with E-state index in [1.807, 2.05) is 18.2 Å². The van der Waals surface area contributed by atoms with Crippen molar-refractivity contribution in [2.75, 3.05) is 0 Å². The maximum atomic E-state index is 11.1. The molecule has 0 bridgehead atoms. The van der Waals surface area contributed by atoms with Crippen LogP contribution >= 0.6 is 7.67 Å². The van der Waals surface area contributed by atoms with Crippen LogP contribution in [0.3, 0.4) is 0 Å². The Balaban J connectivity index is 2.33. The predicted molar refractivity (Wildman–Crippen MR) is 67.7 cm³/mol. The van der Waals surface area contributed by atoms with Gasteiger partial charge in [0.2, 0.25) is 0 Å². The van der Waals surface area contributed by atoms with Gasteiger partial charge in [0.25, 0.3) is 0 Å². The largest absolute Gasteiger partial charge is 0.405 e. The molecule has 1 atom stereocenters. The Hall–Kier alpha value is -1.16. The van der Waals surface area contributed by atoms with E-state index in [1.54, 1.807) is 0 Å². The molecule has 0 radical (unpaired) electrons. The summed E-state index contributed by atoms with van der Waals surface area (Å²) in [6, 6.07) is 7.98. The van der Waals surface area contributed by atoms with Gasteiger partial charge in [-0.2, -0.15) is 0 Å². The molecule has 1 aromatic rings. The molecule has 1 unspecified atom stereocenters. The Morgan fingerprint density at radius 2 is 2.12 bits per heavy atom. The van der Waals surface area contributed by atoms with Crippen LogP contribution in [0.1, 0.15) is 36.8 Å². The number of benzene rings is 1. The number of oxime groups is 1. The van der Waals surface area contributed by atoms with Crippen molar-refractivity contribution in [3.05, 3.63) is 35.4 Å². The summed E-state index contributed by atoms with van der Waals surface area (Å²) < 4.78 is 15.7. The summed E-state index contributed by atoms with van der Waals surface area (Å²) in [4.78, 5) is 0. The molecule has 0 aromatic heterocycles. The van der Waals surface area contributed by atoms with Gasteiger partial charge in [-0.25, -0.2) is 15.6 Å². The van der Waals surface area contributed by atoms with Gasteiger partial charge in [0.15, 0.2) is 0 Å². The highest BCUT2D eigenvalue weighted by atomic mass is 31.2. The minimum Gasteiger partial charge on any atom is -0.312 e. The predicted octanol–water partition coefficient (Wildman–Crippen LogP) is 2.33. The van der Waals surface area contributed by atoms with Crippen LogP contribution in [-0.2, 0) is 9.19 Å². The zero-order valence-corrected chi connectivity index (χ0v) is 10.6. The number of hydrogen-bond donors (Lipinski definition) is 2. The summed E-state index contributed by atoms with van der Waals surface area (Å²) in [6.07, 6.45) is 1.76. The first-order chi connectivity index (χ1) is 7.97. The van der Waals surface area contributed by atoms with Gasteiger partial charge in [0.05, 0.1) is 5.71 Å². The zero-order chi connectivity index (χ0) is 12.5. The van der Waals surface area contributed by atoms with Crippen molar-refractivity contribution in [2.24, 2.45) is 16.2 Å². The van der Waals surface area contributed by atoms with Crippen LogP contribution in [0.4, 0.5) is 0 Å². The van der Waals surface area contributed by atoms with E-state index in [-0.39, 0.29) is 0 Å². The van der Waals surface area contributed by atoms with E-state index < -0.39 is 7.67 Å². The molecule has 5 nitrogen and oxygen atoms in total. The Kier molecular flexibility index (Phi) is 3.33. The molecule has 0 heterocycles. The summed E-state index contributed by atoms with van der Waals surface area (Å²) in [7, 11) is -3.55. The maximum absolute atomic E-state index is 11.1. The lowest BCUT2D eigenvalue weighted by molar-refractivity contribution is 0.333. The Morgan fingerprint density at radius 1 is 1.41 bits per heavy atom. The van der Waals surface area contributed by atoms with E-state index >= 15 is 0 Å². The van der Waals surface area contributed by atoms with Gasteiger partial charge in [0, 0.05) is 5.56 Å². The summed E-state index contributed by atoms with van der Waals surface area (Å²) in [6.45, 7) is 2.17. The average Bonchev–Trinajstić information content (AvgIpc) is 2.27. The fourth-order valence-electron chi connectivity index (χ4n) is 2.04.